The minimum Gasteiger partial charge on any atom is -0.452 e. The van der Waals surface area contributed by atoms with Gasteiger partial charge in [0.15, 0.2) is 6.61 Å². The Morgan fingerprint density at radius 3 is 2.58 bits per heavy atom. The van der Waals surface area contributed by atoms with Gasteiger partial charge >= 0.3 is 5.97 Å². The molecule has 24 heavy (non-hydrogen) atoms. The molecule has 0 unspecified atom stereocenters. The number of carbonyl (C=O) groups excluding carboxylic acids is 2. The lowest BCUT2D eigenvalue weighted by Crippen LogP contribution is -2.21. The molecule has 0 fully saturated rings. The van der Waals surface area contributed by atoms with E-state index >= 15 is 0 Å². The lowest BCUT2D eigenvalue weighted by molar-refractivity contribution is -0.119. The highest BCUT2D eigenvalue weighted by Gasteiger charge is 2.11. The van der Waals surface area contributed by atoms with Gasteiger partial charge in [0.2, 0.25) is 0 Å². The van der Waals surface area contributed by atoms with Crippen LogP contribution in [0.5, 0.6) is 0 Å². The van der Waals surface area contributed by atoms with E-state index in [0.717, 1.165) is 9.37 Å². The van der Waals surface area contributed by atoms with E-state index in [9.17, 15) is 9.59 Å². The van der Waals surface area contributed by atoms with Crippen LogP contribution in [0.4, 0.5) is 5.69 Å². The van der Waals surface area contributed by atoms with E-state index in [4.69, 9.17) is 10.00 Å². The van der Waals surface area contributed by atoms with Gasteiger partial charge < -0.3 is 10.1 Å². The van der Waals surface area contributed by atoms with Crippen molar-refractivity contribution in [1.82, 2.24) is 0 Å². The second kappa shape index (κ2) is 9.11. The van der Waals surface area contributed by atoms with E-state index in [1.165, 1.54) is 11.8 Å². The molecule has 0 atom stereocenters. The Morgan fingerprint density at radius 2 is 1.88 bits per heavy atom. The Bertz CT molecular complexity index is 772. The molecule has 0 aliphatic heterocycles. The molecule has 5 nitrogen and oxygen atoms in total. The number of hydrogen-bond acceptors (Lipinski definition) is 5. The van der Waals surface area contributed by atoms with Gasteiger partial charge in [-0.05, 0) is 36.4 Å². The van der Waals surface area contributed by atoms with Gasteiger partial charge in [-0.25, -0.2) is 4.79 Å². The SMILES string of the molecule is N#CCSc1ccccc1NC(=O)COC(=O)c1ccc(Br)cc1. The number of carbonyl (C=O) groups is 2. The minimum absolute atomic E-state index is 0.283. The number of nitrogens with zero attached hydrogens (tertiary/aromatic N) is 1. The molecule has 0 spiro atoms. The van der Waals surface area contributed by atoms with Crippen molar-refractivity contribution in [3.05, 3.63) is 58.6 Å². The van der Waals surface area contributed by atoms with Crippen LogP contribution in [0.1, 0.15) is 10.4 Å². The fourth-order valence-electron chi connectivity index (χ4n) is 1.79. The maximum atomic E-state index is 12.0. The van der Waals surface area contributed by atoms with Gasteiger partial charge in [0.05, 0.1) is 23.1 Å². The molecular formula is C17H13BrN2O3S. The van der Waals surface area contributed by atoms with Gasteiger partial charge in [-0.3, -0.25) is 4.79 Å². The van der Waals surface area contributed by atoms with Crippen molar-refractivity contribution in [3.63, 3.8) is 0 Å². The van der Waals surface area contributed by atoms with E-state index in [1.54, 1.807) is 36.4 Å². The lowest BCUT2D eigenvalue weighted by Gasteiger charge is -2.10. The molecule has 0 saturated carbocycles. The first-order chi connectivity index (χ1) is 11.6. The fourth-order valence-corrected chi connectivity index (χ4v) is 2.73. The number of rotatable bonds is 6. The van der Waals surface area contributed by atoms with Crippen molar-refractivity contribution in [2.24, 2.45) is 0 Å². The van der Waals surface area contributed by atoms with Crippen molar-refractivity contribution < 1.29 is 14.3 Å². The summed E-state index contributed by atoms with van der Waals surface area (Å²) in [5, 5.41) is 11.3. The van der Waals surface area contributed by atoms with E-state index in [2.05, 4.69) is 21.2 Å². The zero-order valence-corrected chi connectivity index (χ0v) is 14.9. The van der Waals surface area contributed by atoms with Crippen molar-refractivity contribution in [3.8, 4) is 6.07 Å². The van der Waals surface area contributed by atoms with Gasteiger partial charge in [-0.1, -0.05) is 28.1 Å². The average molecular weight is 405 g/mol. The number of hydrogen-bond donors (Lipinski definition) is 1. The zero-order chi connectivity index (χ0) is 17.4. The summed E-state index contributed by atoms with van der Waals surface area (Å²) < 4.78 is 5.85. The molecule has 0 radical (unpaired) electrons. The average Bonchev–Trinajstić information content (AvgIpc) is 2.59. The van der Waals surface area contributed by atoms with Crippen LogP contribution in [0.25, 0.3) is 0 Å². The predicted molar refractivity (Wildman–Crippen MR) is 95.8 cm³/mol. The number of halogens is 1. The molecule has 0 aliphatic rings. The maximum Gasteiger partial charge on any atom is 0.338 e. The summed E-state index contributed by atoms with van der Waals surface area (Å²) in [7, 11) is 0. The van der Waals surface area contributed by atoms with Crippen LogP contribution in [0, 0.1) is 11.3 Å². The topological polar surface area (TPSA) is 79.2 Å². The number of nitriles is 1. The highest BCUT2D eigenvalue weighted by molar-refractivity contribution is 9.10. The minimum atomic E-state index is -0.565. The third-order valence-electron chi connectivity index (χ3n) is 2.87. The summed E-state index contributed by atoms with van der Waals surface area (Å²) in [6, 6.07) is 15.8. The molecule has 1 amide bonds. The second-order valence-electron chi connectivity index (χ2n) is 4.57. The summed E-state index contributed by atoms with van der Waals surface area (Å²) >= 11 is 4.60. The smallest absolute Gasteiger partial charge is 0.338 e. The van der Waals surface area contributed by atoms with Crippen molar-refractivity contribution >= 4 is 45.3 Å². The Morgan fingerprint density at radius 1 is 1.17 bits per heavy atom. The summed E-state index contributed by atoms with van der Waals surface area (Å²) in [6.07, 6.45) is 0. The number of anilines is 1. The summed E-state index contributed by atoms with van der Waals surface area (Å²) in [4.78, 5) is 24.6. The highest BCUT2D eigenvalue weighted by atomic mass is 79.9. The molecule has 7 heteroatoms. The number of esters is 1. The van der Waals surface area contributed by atoms with Gasteiger partial charge in [0, 0.05) is 9.37 Å². The van der Waals surface area contributed by atoms with Gasteiger partial charge in [0.25, 0.3) is 5.91 Å². The molecule has 1 N–H and O–H groups in total. The van der Waals surface area contributed by atoms with Gasteiger partial charge in [-0.2, -0.15) is 5.26 Å². The van der Waals surface area contributed by atoms with Crippen LogP contribution in [0.2, 0.25) is 0 Å². The number of nitrogens with one attached hydrogen (secondary N) is 1. The Balaban J connectivity index is 1.91. The number of ether oxygens (including phenoxy) is 1. The van der Waals surface area contributed by atoms with Crippen LogP contribution in [-0.4, -0.2) is 24.2 Å². The van der Waals surface area contributed by atoms with Crippen LogP contribution < -0.4 is 5.32 Å². The first kappa shape index (κ1) is 18.0. The standard InChI is InChI=1S/C17H13BrN2O3S/c18-13-7-5-12(6-8-13)17(22)23-11-16(21)20-14-3-1-2-4-15(14)24-10-9-19/h1-8H,10-11H2,(H,20,21). The van der Waals surface area contributed by atoms with E-state index < -0.39 is 11.9 Å². The van der Waals surface area contributed by atoms with Gasteiger partial charge in [0.1, 0.15) is 0 Å². The number of amides is 1. The van der Waals surface area contributed by atoms with E-state index in [1.807, 2.05) is 18.2 Å². The van der Waals surface area contributed by atoms with Crippen molar-refractivity contribution in [1.29, 1.82) is 5.26 Å². The van der Waals surface area contributed by atoms with Crippen LogP contribution in [-0.2, 0) is 9.53 Å². The molecule has 0 aliphatic carbocycles. The molecular weight excluding hydrogens is 392 g/mol. The predicted octanol–water partition coefficient (Wildman–Crippen LogP) is 3.86. The van der Waals surface area contributed by atoms with Gasteiger partial charge in [-0.15, -0.1) is 11.8 Å². The number of thioether (sulfide) groups is 1. The van der Waals surface area contributed by atoms with Crippen molar-refractivity contribution in [2.75, 3.05) is 17.7 Å². The maximum absolute atomic E-state index is 12.0. The Labute approximate surface area is 152 Å². The first-order valence-corrected chi connectivity index (χ1v) is 8.69. The fraction of sp³-hybridized carbons (Fsp3) is 0.118. The largest absolute Gasteiger partial charge is 0.452 e. The molecule has 2 aromatic rings. The quantitative estimate of drug-likeness (QED) is 0.583. The molecule has 0 heterocycles. The lowest BCUT2D eigenvalue weighted by atomic mass is 10.2. The molecule has 0 aromatic heterocycles. The second-order valence-corrected chi connectivity index (χ2v) is 6.51. The number of para-hydroxylation sites is 1. The monoisotopic (exact) mass is 404 g/mol. The normalized spacial score (nSPS) is 9.83. The zero-order valence-electron chi connectivity index (χ0n) is 12.5. The van der Waals surface area contributed by atoms with Crippen LogP contribution in [0.15, 0.2) is 57.9 Å². The Kier molecular flexibility index (Phi) is 6.85. The summed E-state index contributed by atoms with van der Waals surface area (Å²) in [5.41, 5.74) is 0.957. The van der Waals surface area contributed by atoms with E-state index in [0.29, 0.717) is 11.3 Å². The van der Waals surface area contributed by atoms with Crippen molar-refractivity contribution in [2.45, 2.75) is 4.90 Å². The molecule has 122 valence electrons. The molecule has 0 saturated heterocycles. The Hall–Kier alpha value is -2.30. The van der Waals surface area contributed by atoms with Crippen LogP contribution in [0.3, 0.4) is 0 Å². The third kappa shape index (κ3) is 5.41. The van der Waals surface area contributed by atoms with Crippen LogP contribution >= 0.6 is 27.7 Å². The molecule has 2 aromatic carbocycles. The first-order valence-electron chi connectivity index (χ1n) is 6.91. The molecule has 0 bridgehead atoms. The number of benzene rings is 2. The highest BCUT2D eigenvalue weighted by Crippen LogP contribution is 2.26. The molecule has 2 rings (SSSR count). The van der Waals surface area contributed by atoms with E-state index in [-0.39, 0.29) is 12.4 Å². The third-order valence-corrected chi connectivity index (χ3v) is 4.34. The summed E-state index contributed by atoms with van der Waals surface area (Å²) in [6.45, 7) is -0.383. The summed E-state index contributed by atoms with van der Waals surface area (Å²) in [5.74, 6) is -0.721.